The van der Waals surface area contributed by atoms with Crippen molar-refractivity contribution in [3.8, 4) is 33.6 Å². The second-order valence-electron chi connectivity index (χ2n) is 14.5. The number of nitrogens with zero attached hydrogens (tertiary/aromatic N) is 6. The van der Waals surface area contributed by atoms with E-state index in [1.165, 1.54) is 0 Å². The maximum Gasteiger partial charge on any atom is 0.274 e. The molecule has 0 bridgehead atoms. The standard InChI is InChI=1S/C53H35N6.Pt/c1-4-17-38(18-5-1)44-25-10-11-27-46(44)49-35-56-36-54-48-32-31-43(34-47(48)53(56)55-49)59(40-21-8-3-9-22-40)42-24-16-23-41(33-42)57-37-58(52-30-15-14-29-51(52)57)50-28-13-12-26-45(50)39-19-6-2-7-20-39;/h1-32,35-36,53H;/q-1;. The van der Waals surface area contributed by atoms with Gasteiger partial charge in [-0.1, -0.05) is 157 Å². The molecular formula is C53H35N6Pt-. The quantitative estimate of drug-likeness (QED) is 0.110. The van der Waals surface area contributed by atoms with Crippen LogP contribution in [-0.2, 0) is 21.1 Å². The first kappa shape index (κ1) is 37.0. The van der Waals surface area contributed by atoms with Crippen LogP contribution in [0.4, 0.5) is 22.7 Å². The van der Waals surface area contributed by atoms with E-state index < -0.39 is 0 Å². The molecule has 2 aliphatic rings. The van der Waals surface area contributed by atoms with E-state index in [1.807, 2.05) is 24.5 Å². The van der Waals surface area contributed by atoms with Gasteiger partial charge in [-0.2, -0.15) is 18.2 Å². The fourth-order valence-electron chi connectivity index (χ4n) is 8.17. The smallest absolute Gasteiger partial charge is 0.274 e. The monoisotopic (exact) mass is 950 g/mol. The zero-order valence-corrected chi connectivity index (χ0v) is 34.5. The summed E-state index contributed by atoms with van der Waals surface area (Å²) >= 11 is 0. The zero-order chi connectivity index (χ0) is 39.1. The predicted molar refractivity (Wildman–Crippen MR) is 237 cm³/mol. The molecule has 0 fully saturated rings. The molecule has 8 aromatic carbocycles. The van der Waals surface area contributed by atoms with Gasteiger partial charge in [-0.25, -0.2) is 9.57 Å². The molecule has 0 radical (unpaired) electrons. The summed E-state index contributed by atoms with van der Waals surface area (Å²) in [7, 11) is 0. The first-order valence-electron chi connectivity index (χ1n) is 19.7. The molecule has 0 N–H and O–H groups in total. The molecule has 0 saturated carbocycles. The van der Waals surface area contributed by atoms with E-state index in [1.54, 1.807) is 0 Å². The first-order chi connectivity index (χ1) is 29.3. The van der Waals surface area contributed by atoms with Gasteiger partial charge in [-0.15, -0.1) is 29.3 Å². The SMILES string of the molecule is [Pt].[c-]1c(N(c2[c-]c3c(cc2)N=C[N+]2=CC(c4ccccc4-c4ccccc4)=NC32)c2ccccc2)cccc1-n1[c-][n+](-c2ccccc2-c2ccccc2)c2ccccc21. The minimum absolute atomic E-state index is 0. The molecule has 1 unspecified atom stereocenters. The fourth-order valence-corrected chi connectivity index (χ4v) is 8.17. The van der Waals surface area contributed by atoms with Crippen LogP contribution in [0.5, 0.6) is 0 Å². The molecule has 60 heavy (non-hydrogen) atoms. The minimum atomic E-state index is -0.302. The molecule has 1 atom stereocenters. The number of anilines is 3. The number of aliphatic imine (C=N–C) groups is 2. The van der Waals surface area contributed by atoms with Crippen LogP contribution in [0.3, 0.4) is 0 Å². The maximum absolute atomic E-state index is 5.32. The van der Waals surface area contributed by atoms with Crippen molar-refractivity contribution in [2.45, 2.75) is 6.17 Å². The van der Waals surface area contributed by atoms with Gasteiger partial charge in [0.25, 0.3) is 12.7 Å². The van der Waals surface area contributed by atoms with E-state index in [4.69, 9.17) is 9.98 Å². The van der Waals surface area contributed by atoms with Crippen LogP contribution in [-0.4, -0.2) is 27.4 Å². The van der Waals surface area contributed by atoms with Gasteiger partial charge in [0.2, 0.25) is 6.17 Å². The number of aromatic nitrogens is 2. The van der Waals surface area contributed by atoms with Gasteiger partial charge in [-0.05, 0) is 51.7 Å². The Morgan fingerprint density at radius 2 is 1.18 bits per heavy atom. The Labute approximate surface area is 363 Å². The van der Waals surface area contributed by atoms with Crippen LogP contribution in [0.15, 0.2) is 204 Å². The van der Waals surface area contributed by atoms with Gasteiger partial charge in [0.1, 0.15) is 11.9 Å². The Morgan fingerprint density at radius 1 is 0.550 bits per heavy atom. The molecule has 0 amide bonds. The summed E-state index contributed by atoms with van der Waals surface area (Å²) in [6.07, 6.45) is 7.37. The van der Waals surface area contributed by atoms with Crippen LogP contribution in [0.25, 0.3) is 44.7 Å². The number of fused-ring (bicyclic) bond motifs is 4. The van der Waals surface area contributed by atoms with E-state index in [-0.39, 0.29) is 27.2 Å². The Kier molecular flexibility index (Phi) is 9.76. The number of para-hydroxylation sites is 4. The minimum Gasteiger partial charge on any atom is -0.359 e. The van der Waals surface area contributed by atoms with Gasteiger partial charge in [0.05, 0.1) is 22.4 Å². The largest absolute Gasteiger partial charge is 0.359 e. The van der Waals surface area contributed by atoms with Crippen molar-refractivity contribution in [3.05, 3.63) is 224 Å². The van der Waals surface area contributed by atoms with Crippen molar-refractivity contribution in [1.82, 2.24) is 4.57 Å². The van der Waals surface area contributed by atoms with Crippen LogP contribution in [0.1, 0.15) is 17.3 Å². The molecule has 288 valence electrons. The number of imidazole rings is 1. The fraction of sp³-hybridized carbons (Fsp3) is 0.0189. The number of rotatable bonds is 8. The Balaban J connectivity index is 0.00000433. The summed E-state index contributed by atoms with van der Waals surface area (Å²) in [5, 5.41) is 0. The second kappa shape index (κ2) is 15.8. The normalized spacial score (nSPS) is 13.8. The molecule has 0 saturated heterocycles. The first-order valence-corrected chi connectivity index (χ1v) is 19.7. The van der Waals surface area contributed by atoms with E-state index in [2.05, 4.69) is 219 Å². The molecule has 2 aliphatic heterocycles. The summed E-state index contributed by atoms with van der Waals surface area (Å²) in [4.78, 5) is 12.4. The second-order valence-corrected chi connectivity index (χ2v) is 14.5. The van der Waals surface area contributed by atoms with Crippen LogP contribution in [0.2, 0.25) is 0 Å². The van der Waals surface area contributed by atoms with Crippen molar-refractivity contribution >= 4 is 52.0 Å². The Bertz CT molecular complexity index is 3120. The predicted octanol–water partition coefficient (Wildman–Crippen LogP) is 11.4. The van der Waals surface area contributed by atoms with Crippen LogP contribution in [0, 0.1) is 18.5 Å². The third kappa shape index (κ3) is 6.61. The van der Waals surface area contributed by atoms with Crippen LogP contribution >= 0.6 is 0 Å². The van der Waals surface area contributed by atoms with Crippen molar-refractivity contribution in [2.24, 2.45) is 9.98 Å². The van der Waals surface area contributed by atoms with Gasteiger partial charge in [0, 0.05) is 32.3 Å². The van der Waals surface area contributed by atoms with Crippen molar-refractivity contribution in [1.29, 1.82) is 0 Å². The maximum atomic E-state index is 5.32. The molecule has 3 heterocycles. The van der Waals surface area contributed by atoms with Gasteiger partial charge in [0.15, 0.2) is 0 Å². The molecule has 1 aromatic heterocycles. The molecular weight excluding hydrogens is 916 g/mol. The van der Waals surface area contributed by atoms with Crippen molar-refractivity contribution in [3.63, 3.8) is 0 Å². The summed E-state index contributed by atoms with van der Waals surface area (Å²) < 4.78 is 6.34. The Morgan fingerprint density at radius 3 is 1.97 bits per heavy atom. The molecule has 6 nitrogen and oxygen atoms in total. The summed E-state index contributed by atoms with van der Waals surface area (Å²) in [5.74, 6) is 0. The third-order valence-electron chi connectivity index (χ3n) is 10.9. The van der Waals surface area contributed by atoms with Crippen LogP contribution < -0.4 is 9.47 Å². The third-order valence-corrected chi connectivity index (χ3v) is 10.9. The van der Waals surface area contributed by atoms with Crippen molar-refractivity contribution < 1.29 is 30.2 Å². The zero-order valence-electron chi connectivity index (χ0n) is 32.2. The molecule has 0 spiro atoms. The Hall–Kier alpha value is -7.27. The van der Waals surface area contributed by atoms with E-state index in [0.29, 0.717) is 0 Å². The molecule has 7 heteroatoms. The number of hydrogen-bond acceptors (Lipinski definition) is 3. The van der Waals surface area contributed by atoms with Crippen molar-refractivity contribution in [2.75, 3.05) is 4.90 Å². The van der Waals surface area contributed by atoms with E-state index in [0.717, 1.165) is 84.3 Å². The number of hydrogen-bond donors (Lipinski definition) is 0. The topological polar surface area (TPSA) is 39.8 Å². The van der Waals surface area contributed by atoms with Gasteiger partial charge < -0.3 is 9.47 Å². The molecule has 9 aromatic rings. The summed E-state index contributed by atoms with van der Waals surface area (Å²) in [6.45, 7) is 0. The summed E-state index contributed by atoms with van der Waals surface area (Å²) in [5.41, 5.74) is 15.0. The van der Waals surface area contributed by atoms with E-state index in [9.17, 15) is 0 Å². The van der Waals surface area contributed by atoms with Gasteiger partial charge >= 0.3 is 0 Å². The van der Waals surface area contributed by atoms with Gasteiger partial charge in [-0.3, -0.25) is 4.57 Å². The average molecular weight is 951 g/mol. The molecule has 0 aliphatic carbocycles. The number of benzene rings is 8. The van der Waals surface area contributed by atoms with E-state index >= 15 is 0 Å². The molecule has 11 rings (SSSR count). The average Bonchev–Trinajstić information content (AvgIpc) is 3.93. The summed E-state index contributed by atoms with van der Waals surface area (Å²) in [6, 6.07) is 74.7.